The summed E-state index contributed by atoms with van der Waals surface area (Å²) in [5.74, 6) is 0.133. The summed E-state index contributed by atoms with van der Waals surface area (Å²) in [6.45, 7) is 0.180. The van der Waals surface area contributed by atoms with Crippen LogP contribution in [0.1, 0.15) is 50.7 Å². The number of imide groups is 1. The molecular formula is C19H14BrN3O2. The van der Waals surface area contributed by atoms with Crippen LogP contribution < -0.4 is 0 Å². The lowest BCUT2D eigenvalue weighted by molar-refractivity contribution is 0.0640. The number of aromatic nitrogens is 2. The number of amides is 2. The molecule has 5 rings (SSSR count). The van der Waals surface area contributed by atoms with E-state index in [0.29, 0.717) is 22.7 Å². The van der Waals surface area contributed by atoms with Gasteiger partial charge >= 0.3 is 0 Å². The molecule has 3 heterocycles. The molecule has 0 atom stereocenters. The molecule has 5 nitrogen and oxygen atoms in total. The maximum atomic E-state index is 12.5. The fraction of sp³-hybridized carbons (Fsp3) is 0.211. The van der Waals surface area contributed by atoms with Crippen LogP contribution in [0.15, 0.2) is 47.2 Å². The summed E-state index contributed by atoms with van der Waals surface area (Å²) in [4.78, 5) is 30.9. The van der Waals surface area contributed by atoms with Crippen molar-refractivity contribution in [3.8, 4) is 0 Å². The summed E-state index contributed by atoms with van der Waals surface area (Å²) in [5, 5.41) is 0. The van der Waals surface area contributed by atoms with Crippen LogP contribution in [0.5, 0.6) is 0 Å². The number of hydrogen-bond acceptors (Lipinski definition) is 3. The summed E-state index contributed by atoms with van der Waals surface area (Å²) in [7, 11) is 0. The average Bonchev–Trinajstić information content (AvgIpc) is 3.34. The van der Waals surface area contributed by atoms with Gasteiger partial charge in [-0.15, -0.1) is 0 Å². The third-order valence-corrected chi connectivity index (χ3v) is 5.41. The fourth-order valence-corrected chi connectivity index (χ4v) is 3.95. The van der Waals surface area contributed by atoms with E-state index < -0.39 is 0 Å². The summed E-state index contributed by atoms with van der Waals surface area (Å²) in [6.07, 6.45) is 6.45. The fourth-order valence-electron chi connectivity index (χ4n) is 3.39. The Morgan fingerprint density at radius 3 is 2.40 bits per heavy atom. The van der Waals surface area contributed by atoms with Crippen molar-refractivity contribution < 1.29 is 9.59 Å². The van der Waals surface area contributed by atoms with Gasteiger partial charge in [-0.3, -0.25) is 14.5 Å². The van der Waals surface area contributed by atoms with Crippen LogP contribution in [0.4, 0.5) is 0 Å². The molecule has 124 valence electrons. The van der Waals surface area contributed by atoms with Crippen LogP contribution in [0.3, 0.4) is 0 Å². The molecule has 6 heteroatoms. The van der Waals surface area contributed by atoms with Gasteiger partial charge in [0.1, 0.15) is 0 Å². The minimum atomic E-state index is -0.254. The van der Waals surface area contributed by atoms with E-state index in [-0.39, 0.29) is 18.4 Å². The second-order valence-corrected chi connectivity index (χ2v) is 7.46. The maximum absolute atomic E-state index is 12.5. The van der Waals surface area contributed by atoms with Gasteiger partial charge in [0.15, 0.2) is 5.65 Å². The number of rotatable bonds is 3. The molecule has 1 fully saturated rings. The minimum Gasteiger partial charge on any atom is -0.306 e. The van der Waals surface area contributed by atoms with Gasteiger partial charge in [-0.2, -0.15) is 0 Å². The number of carbonyl (C=O) groups is 2. The Hall–Kier alpha value is -2.47. The first-order chi connectivity index (χ1) is 12.1. The number of nitrogens with zero attached hydrogens (tertiary/aromatic N) is 3. The minimum absolute atomic E-state index is 0.180. The number of fused-ring (bicyclic) bond motifs is 2. The van der Waals surface area contributed by atoms with E-state index >= 15 is 0 Å². The zero-order valence-corrected chi connectivity index (χ0v) is 14.9. The summed E-state index contributed by atoms with van der Waals surface area (Å²) < 4.78 is 2.91. The first-order valence-electron chi connectivity index (χ1n) is 8.24. The highest BCUT2D eigenvalue weighted by atomic mass is 79.9. The predicted octanol–water partition coefficient (Wildman–Crippen LogP) is 3.77. The van der Waals surface area contributed by atoms with E-state index in [4.69, 9.17) is 0 Å². The van der Waals surface area contributed by atoms with Crippen molar-refractivity contribution >= 4 is 33.4 Å². The molecule has 2 amide bonds. The molecule has 0 bridgehead atoms. The Morgan fingerprint density at radius 1 is 1.08 bits per heavy atom. The largest absolute Gasteiger partial charge is 0.306 e. The van der Waals surface area contributed by atoms with Gasteiger partial charge < -0.3 is 4.40 Å². The Kier molecular flexibility index (Phi) is 3.12. The highest BCUT2D eigenvalue weighted by molar-refractivity contribution is 9.10. The molecular weight excluding hydrogens is 382 g/mol. The van der Waals surface area contributed by atoms with Gasteiger partial charge in [0.2, 0.25) is 0 Å². The van der Waals surface area contributed by atoms with Crippen molar-refractivity contribution in [3.05, 3.63) is 69.6 Å². The number of pyridine rings is 1. The number of imidazole rings is 1. The molecule has 1 aromatic carbocycles. The van der Waals surface area contributed by atoms with Crippen molar-refractivity contribution in [2.75, 3.05) is 0 Å². The van der Waals surface area contributed by atoms with E-state index in [1.807, 2.05) is 10.6 Å². The molecule has 2 aliphatic rings. The van der Waals surface area contributed by atoms with Crippen LogP contribution in [-0.2, 0) is 6.54 Å². The summed E-state index contributed by atoms with van der Waals surface area (Å²) in [5.41, 5.74) is 3.73. The summed E-state index contributed by atoms with van der Waals surface area (Å²) >= 11 is 3.59. The zero-order valence-electron chi connectivity index (χ0n) is 13.3. The smallest absolute Gasteiger partial charge is 0.261 e. The predicted molar refractivity (Wildman–Crippen MR) is 95.5 cm³/mol. The molecule has 0 N–H and O–H groups in total. The molecule has 3 aromatic rings. The van der Waals surface area contributed by atoms with Gasteiger partial charge in [-0.1, -0.05) is 12.1 Å². The molecule has 25 heavy (non-hydrogen) atoms. The molecule has 2 aromatic heterocycles. The number of benzene rings is 1. The van der Waals surface area contributed by atoms with Crippen LogP contribution in [0.25, 0.3) is 5.65 Å². The molecule has 1 aliphatic carbocycles. The van der Waals surface area contributed by atoms with Crippen LogP contribution in [0.2, 0.25) is 0 Å². The van der Waals surface area contributed by atoms with E-state index in [2.05, 4.69) is 33.2 Å². The van der Waals surface area contributed by atoms with Crippen molar-refractivity contribution in [3.63, 3.8) is 0 Å². The SMILES string of the molecule is O=C1c2ccccc2C(=O)N1Cc1cn2cc(C3CC3)cc(Br)c2n1. The van der Waals surface area contributed by atoms with Crippen LogP contribution in [-0.4, -0.2) is 26.1 Å². The van der Waals surface area contributed by atoms with Gasteiger partial charge in [-0.05, 0) is 58.5 Å². The molecule has 0 spiro atoms. The van der Waals surface area contributed by atoms with E-state index in [1.54, 1.807) is 24.3 Å². The number of hydrogen-bond donors (Lipinski definition) is 0. The molecule has 0 unspecified atom stereocenters. The summed E-state index contributed by atoms with van der Waals surface area (Å²) in [6, 6.07) is 9.05. The first kappa shape index (κ1) is 14.8. The van der Waals surface area contributed by atoms with E-state index in [1.165, 1.54) is 23.3 Å². The van der Waals surface area contributed by atoms with Crippen molar-refractivity contribution in [2.45, 2.75) is 25.3 Å². The maximum Gasteiger partial charge on any atom is 0.261 e. The van der Waals surface area contributed by atoms with Crippen LogP contribution >= 0.6 is 15.9 Å². The monoisotopic (exact) mass is 395 g/mol. The van der Waals surface area contributed by atoms with Crippen molar-refractivity contribution in [1.29, 1.82) is 0 Å². The number of halogens is 1. The van der Waals surface area contributed by atoms with Gasteiger partial charge in [0.25, 0.3) is 11.8 Å². The second kappa shape index (κ2) is 5.26. The van der Waals surface area contributed by atoms with Gasteiger partial charge in [0, 0.05) is 12.4 Å². The van der Waals surface area contributed by atoms with E-state index in [0.717, 1.165) is 10.1 Å². The van der Waals surface area contributed by atoms with Crippen LogP contribution in [0, 0.1) is 0 Å². The number of carbonyl (C=O) groups excluding carboxylic acids is 2. The lowest BCUT2D eigenvalue weighted by Gasteiger charge is -2.11. The zero-order chi connectivity index (χ0) is 17.1. The lowest BCUT2D eigenvalue weighted by Crippen LogP contribution is -2.29. The standard InChI is InChI=1S/C19H14BrN3O2/c20-16-7-12(11-5-6-11)8-22-9-13(21-17(16)22)10-23-18(24)14-3-1-2-4-15(14)19(23)25/h1-4,7-9,11H,5-6,10H2. The molecule has 0 saturated heterocycles. The van der Waals surface area contributed by atoms with E-state index in [9.17, 15) is 9.59 Å². The molecule has 1 aliphatic heterocycles. The van der Waals surface area contributed by atoms with Gasteiger partial charge in [-0.25, -0.2) is 4.98 Å². The second-order valence-electron chi connectivity index (χ2n) is 6.60. The average molecular weight is 396 g/mol. The lowest BCUT2D eigenvalue weighted by atomic mass is 10.1. The Morgan fingerprint density at radius 2 is 1.76 bits per heavy atom. The van der Waals surface area contributed by atoms with Gasteiger partial charge in [0.05, 0.1) is 27.8 Å². The third kappa shape index (κ3) is 2.32. The first-order valence-corrected chi connectivity index (χ1v) is 9.03. The Balaban J connectivity index is 1.50. The normalized spacial score (nSPS) is 16.8. The highest BCUT2D eigenvalue weighted by Gasteiger charge is 2.35. The van der Waals surface area contributed by atoms with Crippen molar-refractivity contribution in [2.24, 2.45) is 0 Å². The van der Waals surface area contributed by atoms with Crippen molar-refractivity contribution in [1.82, 2.24) is 14.3 Å². The highest BCUT2D eigenvalue weighted by Crippen LogP contribution is 2.41. The quantitative estimate of drug-likeness (QED) is 0.634. The molecule has 0 radical (unpaired) electrons. The Labute approximate surface area is 152 Å². The topological polar surface area (TPSA) is 54.7 Å². The molecule has 1 saturated carbocycles. The Bertz CT molecular complexity index is 1020. The third-order valence-electron chi connectivity index (χ3n) is 4.82.